The van der Waals surface area contributed by atoms with Gasteiger partial charge in [0, 0.05) is 32.3 Å². The molecular formula is C20H20N2O4S. The first-order chi connectivity index (χ1) is 13.2. The van der Waals surface area contributed by atoms with Crippen LogP contribution in [0.2, 0.25) is 0 Å². The van der Waals surface area contributed by atoms with Crippen molar-refractivity contribution in [2.45, 2.75) is 0 Å². The van der Waals surface area contributed by atoms with Gasteiger partial charge in [0.25, 0.3) is 5.91 Å². The minimum atomic E-state index is -0.0480. The fourth-order valence-electron chi connectivity index (χ4n) is 3.12. The van der Waals surface area contributed by atoms with E-state index in [1.54, 1.807) is 22.0 Å². The largest absolute Gasteiger partial charge is 0.486 e. The second-order valence-corrected chi connectivity index (χ2v) is 7.28. The number of benzene rings is 1. The maximum Gasteiger partial charge on any atom is 0.264 e. The second-order valence-electron chi connectivity index (χ2n) is 6.33. The van der Waals surface area contributed by atoms with Gasteiger partial charge in [-0.3, -0.25) is 9.59 Å². The number of thiophene rings is 1. The third-order valence-corrected chi connectivity index (χ3v) is 5.45. The Morgan fingerprint density at radius 1 is 0.963 bits per heavy atom. The number of ether oxygens (including phenoxy) is 2. The molecule has 6 nitrogen and oxygen atoms in total. The van der Waals surface area contributed by atoms with Crippen LogP contribution < -0.4 is 9.47 Å². The molecule has 3 heterocycles. The quantitative estimate of drug-likeness (QED) is 0.763. The Morgan fingerprint density at radius 3 is 2.44 bits per heavy atom. The van der Waals surface area contributed by atoms with Crippen molar-refractivity contribution in [2.24, 2.45) is 0 Å². The standard InChI is InChI=1S/C20H20N2O4S/c23-19(6-4-15-3-5-16-17(14-15)26-12-11-25-16)21-7-9-22(10-8-21)20(24)18-2-1-13-27-18/h1-6,13-14H,7-12H2/b6-4-. The topological polar surface area (TPSA) is 59.1 Å². The number of nitrogens with zero attached hydrogens (tertiary/aromatic N) is 2. The van der Waals surface area contributed by atoms with Gasteiger partial charge in [-0.05, 0) is 35.2 Å². The monoisotopic (exact) mass is 384 g/mol. The lowest BCUT2D eigenvalue weighted by atomic mass is 10.1. The van der Waals surface area contributed by atoms with Crippen molar-refractivity contribution in [3.05, 3.63) is 52.2 Å². The molecule has 0 N–H and O–H groups in total. The van der Waals surface area contributed by atoms with Gasteiger partial charge < -0.3 is 19.3 Å². The van der Waals surface area contributed by atoms with Crippen LogP contribution in [0.15, 0.2) is 41.8 Å². The van der Waals surface area contributed by atoms with E-state index in [-0.39, 0.29) is 11.8 Å². The summed E-state index contributed by atoms with van der Waals surface area (Å²) in [5.41, 5.74) is 0.888. The number of carbonyl (C=O) groups excluding carboxylic acids is 2. The molecule has 0 unspecified atom stereocenters. The fraction of sp³-hybridized carbons (Fsp3) is 0.300. The summed E-state index contributed by atoms with van der Waals surface area (Å²) < 4.78 is 11.1. The lowest BCUT2D eigenvalue weighted by Gasteiger charge is -2.34. The normalized spacial score (nSPS) is 16.6. The van der Waals surface area contributed by atoms with Crippen LogP contribution in [0.3, 0.4) is 0 Å². The number of rotatable bonds is 3. The van der Waals surface area contributed by atoms with Crippen LogP contribution in [0, 0.1) is 0 Å². The number of fused-ring (bicyclic) bond motifs is 1. The van der Waals surface area contributed by atoms with Gasteiger partial charge in [-0.25, -0.2) is 0 Å². The average molecular weight is 384 g/mol. The molecule has 1 aromatic heterocycles. The fourth-order valence-corrected chi connectivity index (χ4v) is 3.81. The molecule has 27 heavy (non-hydrogen) atoms. The van der Waals surface area contributed by atoms with E-state index in [1.165, 1.54) is 11.3 Å². The highest BCUT2D eigenvalue weighted by Gasteiger charge is 2.24. The molecule has 1 aromatic carbocycles. The Bertz CT molecular complexity index is 855. The Balaban J connectivity index is 1.33. The molecule has 1 fully saturated rings. The maximum absolute atomic E-state index is 12.4. The summed E-state index contributed by atoms with van der Waals surface area (Å²) in [4.78, 5) is 29.1. The van der Waals surface area contributed by atoms with Gasteiger partial charge in [-0.2, -0.15) is 0 Å². The molecular weight excluding hydrogens is 364 g/mol. The van der Waals surface area contributed by atoms with Crippen molar-refractivity contribution >= 4 is 29.2 Å². The zero-order chi connectivity index (χ0) is 18.6. The molecule has 0 bridgehead atoms. The molecule has 4 rings (SSSR count). The van der Waals surface area contributed by atoms with Crippen LogP contribution in [0.25, 0.3) is 6.08 Å². The molecule has 0 saturated carbocycles. The summed E-state index contributed by atoms with van der Waals surface area (Å²) in [7, 11) is 0. The number of amides is 2. The molecule has 1 saturated heterocycles. The van der Waals surface area contributed by atoms with Crippen molar-refractivity contribution in [3.63, 3.8) is 0 Å². The number of piperazine rings is 1. The maximum atomic E-state index is 12.4. The van der Waals surface area contributed by atoms with Crippen LogP contribution in [-0.4, -0.2) is 61.0 Å². The smallest absolute Gasteiger partial charge is 0.264 e. The van der Waals surface area contributed by atoms with Crippen LogP contribution >= 0.6 is 11.3 Å². The van der Waals surface area contributed by atoms with Gasteiger partial charge in [0.05, 0.1) is 4.88 Å². The molecule has 0 spiro atoms. The van der Waals surface area contributed by atoms with E-state index in [2.05, 4.69) is 0 Å². The van der Waals surface area contributed by atoms with E-state index < -0.39 is 0 Å². The van der Waals surface area contributed by atoms with Crippen molar-refractivity contribution < 1.29 is 19.1 Å². The third-order valence-electron chi connectivity index (χ3n) is 4.60. The van der Waals surface area contributed by atoms with Crippen molar-refractivity contribution in [1.82, 2.24) is 9.80 Å². The first-order valence-electron chi connectivity index (χ1n) is 8.90. The zero-order valence-electron chi connectivity index (χ0n) is 14.8. The third kappa shape index (κ3) is 3.98. The van der Waals surface area contributed by atoms with Crippen LogP contribution in [0.4, 0.5) is 0 Å². The van der Waals surface area contributed by atoms with E-state index >= 15 is 0 Å². The molecule has 2 aliphatic heterocycles. The van der Waals surface area contributed by atoms with E-state index in [9.17, 15) is 9.59 Å². The first kappa shape index (κ1) is 17.6. The average Bonchev–Trinajstić information content (AvgIpc) is 3.26. The summed E-state index contributed by atoms with van der Waals surface area (Å²) >= 11 is 1.45. The van der Waals surface area contributed by atoms with E-state index in [0.717, 1.165) is 16.2 Å². The number of carbonyl (C=O) groups is 2. The van der Waals surface area contributed by atoms with Gasteiger partial charge in [0.1, 0.15) is 13.2 Å². The Labute approximate surface area is 161 Å². The molecule has 0 radical (unpaired) electrons. The molecule has 7 heteroatoms. The Morgan fingerprint density at radius 2 is 1.70 bits per heavy atom. The Hall–Kier alpha value is -2.80. The summed E-state index contributed by atoms with van der Waals surface area (Å²) in [6, 6.07) is 9.33. The van der Waals surface area contributed by atoms with Crippen LogP contribution in [0.1, 0.15) is 15.2 Å². The first-order valence-corrected chi connectivity index (χ1v) is 9.78. The number of hydrogen-bond donors (Lipinski definition) is 0. The van der Waals surface area contributed by atoms with Crippen molar-refractivity contribution in [2.75, 3.05) is 39.4 Å². The second kappa shape index (κ2) is 7.84. The predicted octanol–water partition coefficient (Wildman–Crippen LogP) is 2.52. The summed E-state index contributed by atoms with van der Waals surface area (Å²) in [6.45, 7) is 3.29. The SMILES string of the molecule is O=C(/C=C\c1ccc2c(c1)OCCO2)N1CCN(C(=O)c2cccs2)CC1. The molecule has 0 atom stereocenters. The van der Waals surface area contributed by atoms with E-state index in [1.807, 2.05) is 35.7 Å². The zero-order valence-corrected chi connectivity index (χ0v) is 15.6. The van der Waals surface area contributed by atoms with E-state index in [4.69, 9.17) is 9.47 Å². The molecule has 2 aliphatic rings. The van der Waals surface area contributed by atoms with Crippen molar-refractivity contribution in [1.29, 1.82) is 0 Å². The summed E-state index contributed by atoms with van der Waals surface area (Å²) in [5.74, 6) is 1.44. The van der Waals surface area contributed by atoms with Crippen LogP contribution in [0.5, 0.6) is 11.5 Å². The minimum absolute atomic E-state index is 0.0453. The summed E-state index contributed by atoms with van der Waals surface area (Å²) in [5, 5.41) is 1.90. The number of hydrogen-bond acceptors (Lipinski definition) is 5. The highest BCUT2D eigenvalue weighted by atomic mass is 32.1. The molecule has 2 aromatic rings. The van der Waals surface area contributed by atoms with Gasteiger partial charge >= 0.3 is 0 Å². The Kier molecular flexibility index (Phi) is 5.11. The molecule has 140 valence electrons. The van der Waals surface area contributed by atoms with E-state index in [0.29, 0.717) is 45.1 Å². The van der Waals surface area contributed by atoms with Gasteiger partial charge in [-0.1, -0.05) is 12.1 Å². The highest BCUT2D eigenvalue weighted by Crippen LogP contribution is 2.31. The lowest BCUT2D eigenvalue weighted by molar-refractivity contribution is -0.127. The minimum Gasteiger partial charge on any atom is -0.486 e. The van der Waals surface area contributed by atoms with Gasteiger partial charge in [0.15, 0.2) is 11.5 Å². The molecule has 0 aliphatic carbocycles. The van der Waals surface area contributed by atoms with Gasteiger partial charge in [0.2, 0.25) is 5.91 Å². The lowest BCUT2D eigenvalue weighted by Crippen LogP contribution is -2.50. The predicted molar refractivity (Wildman–Crippen MR) is 103 cm³/mol. The van der Waals surface area contributed by atoms with Crippen molar-refractivity contribution in [3.8, 4) is 11.5 Å². The summed E-state index contributed by atoms with van der Waals surface area (Å²) in [6.07, 6.45) is 3.35. The van der Waals surface area contributed by atoms with Crippen LogP contribution in [-0.2, 0) is 4.79 Å². The highest BCUT2D eigenvalue weighted by molar-refractivity contribution is 7.12. The van der Waals surface area contributed by atoms with Gasteiger partial charge in [-0.15, -0.1) is 11.3 Å². The molecule has 2 amide bonds.